The molecule has 0 saturated heterocycles. The van der Waals surface area contributed by atoms with Gasteiger partial charge in [0.25, 0.3) is 5.69 Å². The van der Waals surface area contributed by atoms with Crippen LogP contribution in [0.1, 0.15) is 45.1 Å². The van der Waals surface area contributed by atoms with E-state index in [-0.39, 0.29) is 16.7 Å². The smallest absolute Gasteiger partial charge is 0.277 e. The summed E-state index contributed by atoms with van der Waals surface area (Å²) in [6.45, 7) is 5.94. The molecule has 0 spiro atoms. The van der Waals surface area contributed by atoms with Crippen molar-refractivity contribution >= 4 is 11.5 Å². The standard InChI is InChI=1S/C13H21N3O2/c1-4-5-6-7-11(3)15-13-8-12(16(17)18)10(2)9-14-13/h8-9,11H,4-7H2,1-3H3,(H,14,15). The van der Waals surface area contributed by atoms with Gasteiger partial charge in [0.1, 0.15) is 5.82 Å². The molecule has 5 nitrogen and oxygen atoms in total. The van der Waals surface area contributed by atoms with Crippen LogP contribution in [0.2, 0.25) is 0 Å². The molecule has 18 heavy (non-hydrogen) atoms. The van der Waals surface area contributed by atoms with Gasteiger partial charge in [-0.25, -0.2) is 4.98 Å². The van der Waals surface area contributed by atoms with Crippen LogP contribution in [0.5, 0.6) is 0 Å². The number of nitrogens with one attached hydrogen (secondary N) is 1. The van der Waals surface area contributed by atoms with Crippen molar-refractivity contribution in [1.29, 1.82) is 0 Å². The summed E-state index contributed by atoms with van der Waals surface area (Å²) in [5.41, 5.74) is 0.706. The van der Waals surface area contributed by atoms with E-state index < -0.39 is 0 Å². The average Bonchev–Trinajstić information content (AvgIpc) is 2.31. The quantitative estimate of drug-likeness (QED) is 0.456. The Morgan fingerprint density at radius 1 is 1.50 bits per heavy atom. The van der Waals surface area contributed by atoms with Crippen molar-refractivity contribution < 1.29 is 4.92 Å². The summed E-state index contributed by atoms with van der Waals surface area (Å²) in [5.74, 6) is 0.580. The lowest BCUT2D eigenvalue weighted by molar-refractivity contribution is -0.385. The maximum Gasteiger partial charge on any atom is 0.277 e. The molecule has 0 aromatic carbocycles. The van der Waals surface area contributed by atoms with Crippen LogP contribution in [0.15, 0.2) is 12.3 Å². The molecule has 0 saturated carbocycles. The second kappa shape index (κ2) is 6.93. The third-order valence-electron chi connectivity index (χ3n) is 2.91. The van der Waals surface area contributed by atoms with E-state index in [2.05, 4.69) is 24.1 Å². The summed E-state index contributed by atoms with van der Waals surface area (Å²) in [6, 6.07) is 1.79. The van der Waals surface area contributed by atoms with Crippen molar-refractivity contribution in [1.82, 2.24) is 4.98 Å². The van der Waals surface area contributed by atoms with Crippen LogP contribution < -0.4 is 5.32 Å². The molecule has 1 aromatic heterocycles. The topological polar surface area (TPSA) is 68.1 Å². The largest absolute Gasteiger partial charge is 0.367 e. The lowest BCUT2D eigenvalue weighted by Crippen LogP contribution is -2.16. The van der Waals surface area contributed by atoms with E-state index in [1.54, 1.807) is 13.1 Å². The predicted molar refractivity (Wildman–Crippen MR) is 72.9 cm³/mol. The molecular formula is C13H21N3O2. The number of nitrogens with zero attached hydrogens (tertiary/aromatic N) is 2. The van der Waals surface area contributed by atoms with Crippen molar-refractivity contribution in [3.05, 3.63) is 27.9 Å². The fourth-order valence-corrected chi connectivity index (χ4v) is 1.81. The lowest BCUT2D eigenvalue weighted by Gasteiger charge is -2.14. The maximum atomic E-state index is 10.8. The Kier molecular flexibility index (Phi) is 5.55. The predicted octanol–water partition coefficient (Wildman–Crippen LogP) is 3.68. The van der Waals surface area contributed by atoms with Crippen LogP contribution in [0, 0.1) is 17.0 Å². The number of rotatable bonds is 7. The first kappa shape index (κ1) is 14.4. The number of hydrogen-bond donors (Lipinski definition) is 1. The minimum absolute atomic E-state index is 0.119. The molecule has 1 rings (SSSR count). The first-order valence-electron chi connectivity index (χ1n) is 6.42. The van der Waals surface area contributed by atoms with Crippen LogP contribution in [0.3, 0.4) is 0 Å². The number of hydrogen-bond acceptors (Lipinski definition) is 4. The summed E-state index contributed by atoms with van der Waals surface area (Å²) in [5, 5.41) is 14.0. The number of aryl methyl sites for hydroxylation is 1. The van der Waals surface area contributed by atoms with E-state index in [4.69, 9.17) is 0 Å². The highest BCUT2D eigenvalue weighted by atomic mass is 16.6. The van der Waals surface area contributed by atoms with Gasteiger partial charge in [-0.2, -0.15) is 0 Å². The van der Waals surface area contributed by atoms with Gasteiger partial charge in [0.05, 0.1) is 11.0 Å². The molecule has 1 unspecified atom stereocenters. The Hall–Kier alpha value is -1.65. The third kappa shape index (κ3) is 4.31. The first-order chi connectivity index (χ1) is 8.54. The van der Waals surface area contributed by atoms with E-state index in [1.165, 1.54) is 25.3 Å². The molecule has 0 aliphatic rings. The molecule has 0 radical (unpaired) electrons. The maximum absolute atomic E-state index is 10.8. The Morgan fingerprint density at radius 2 is 2.22 bits per heavy atom. The first-order valence-corrected chi connectivity index (χ1v) is 6.42. The zero-order valence-corrected chi connectivity index (χ0v) is 11.3. The molecule has 0 amide bonds. The monoisotopic (exact) mass is 251 g/mol. The number of nitro groups is 1. The van der Waals surface area contributed by atoms with E-state index in [0.717, 1.165) is 6.42 Å². The van der Waals surface area contributed by atoms with E-state index >= 15 is 0 Å². The normalized spacial score (nSPS) is 12.2. The van der Waals surface area contributed by atoms with Crippen molar-refractivity contribution in [3.63, 3.8) is 0 Å². The lowest BCUT2D eigenvalue weighted by atomic mass is 10.1. The van der Waals surface area contributed by atoms with Gasteiger partial charge < -0.3 is 5.32 Å². The van der Waals surface area contributed by atoms with Crippen LogP contribution in [0.25, 0.3) is 0 Å². The van der Waals surface area contributed by atoms with E-state index in [9.17, 15) is 10.1 Å². The second-order valence-corrected chi connectivity index (χ2v) is 4.65. The summed E-state index contributed by atoms with van der Waals surface area (Å²) in [4.78, 5) is 14.6. The van der Waals surface area contributed by atoms with Crippen molar-refractivity contribution in [2.45, 2.75) is 52.5 Å². The Balaban J connectivity index is 2.62. The molecule has 1 N–H and O–H groups in total. The van der Waals surface area contributed by atoms with Crippen molar-refractivity contribution in [2.24, 2.45) is 0 Å². The van der Waals surface area contributed by atoms with Gasteiger partial charge in [-0.05, 0) is 20.3 Å². The zero-order chi connectivity index (χ0) is 13.5. The SMILES string of the molecule is CCCCCC(C)Nc1cc([N+](=O)[O-])c(C)cn1. The summed E-state index contributed by atoms with van der Waals surface area (Å²) in [7, 11) is 0. The molecule has 0 aliphatic carbocycles. The Labute approximate surface area is 108 Å². The number of anilines is 1. The third-order valence-corrected chi connectivity index (χ3v) is 2.91. The summed E-state index contributed by atoms with van der Waals surface area (Å²) >= 11 is 0. The fraction of sp³-hybridized carbons (Fsp3) is 0.615. The molecule has 0 fully saturated rings. The highest BCUT2D eigenvalue weighted by molar-refractivity contribution is 5.49. The minimum atomic E-state index is -0.371. The van der Waals surface area contributed by atoms with Gasteiger partial charge in [0.2, 0.25) is 0 Å². The van der Waals surface area contributed by atoms with Crippen LogP contribution in [-0.2, 0) is 0 Å². The average molecular weight is 251 g/mol. The van der Waals surface area contributed by atoms with Gasteiger partial charge in [-0.3, -0.25) is 10.1 Å². The van der Waals surface area contributed by atoms with E-state index in [1.807, 2.05) is 0 Å². The van der Waals surface area contributed by atoms with Gasteiger partial charge in [-0.1, -0.05) is 26.2 Å². The molecule has 5 heteroatoms. The van der Waals surface area contributed by atoms with Gasteiger partial charge in [0, 0.05) is 17.8 Å². The van der Waals surface area contributed by atoms with E-state index in [0.29, 0.717) is 11.4 Å². The molecule has 100 valence electrons. The van der Waals surface area contributed by atoms with Crippen LogP contribution in [-0.4, -0.2) is 15.9 Å². The molecule has 1 atom stereocenters. The molecule has 0 aliphatic heterocycles. The highest BCUT2D eigenvalue weighted by Gasteiger charge is 2.13. The molecular weight excluding hydrogens is 230 g/mol. The Bertz CT molecular complexity index is 407. The number of pyridine rings is 1. The molecule has 1 aromatic rings. The number of unbranched alkanes of at least 4 members (excludes halogenated alkanes) is 2. The zero-order valence-electron chi connectivity index (χ0n) is 11.3. The summed E-state index contributed by atoms with van der Waals surface area (Å²) in [6.07, 6.45) is 6.17. The van der Waals surface area contributed by atoms with Crippen LogP contribution >= 0.6 is 0 Å². The highest BCUT2D eigenvalue weighted by Crippen LogP contribution is 2.20. The number of aromatic nitrogens is 1. The summed E-state index contributed by atoms with van der Waals surface area (Å²) < 4.78 is 0. The van der Waals surface area contributed by atoms with Crippen molar-refractivity contribution in [3.8, 4) is 0 Å². The minimum Gasteiger partial charge on any atom is -0.367 e. The van der Waals surface area contributed by atoms with Gasteiger partial charge in [-0.15, -0.1) is 0 Å². The fourth-order valence-electron chi connectivity index (χ4n) is 1.81. The van der Waals surface area contributed by atoms with Crippen LogP contribution in [0.4, 0.5) is 11.5 Å². The molecule has 0 bridgehead atoms. The Morgan fingerprint density at radius 3 is 2.83 bits per heavy atom. The second-order valence-electron chi connectivity index (χ2n) is 4.65. The van der Waals surface area contributed by atoms with Crippen molar-refractivity contribution in [2.75, 3.05) is 5.32 Å². The van der Waals surface area contributed by atoms with Gasteiger partial charge in [0.15, 0.2) is 0 Å². The molecule has 1 heterocycles. The van der Waals surface area contributed by atoms with Gasteiger partial charge >= 0.3 is 0 Å².